The maximum Gasteiger partial charge on any atom is 0.238 e. The van der Waals surface area contributed by atoms with Gasteiger partial charge in [0, 0.05) is 36.0 Å². The zero-order chi connectivity index (χ0) is 28.8. The number of carbonyl (C=O) groups excluding carboxylic acids is 1. The fourth-order valence-corrected chi connectivity index (χ4v) is 6.16. The SMILES string of the molecule is Cc1ccc(OCc2cccc(OC3CCN(CC(=O)Nc4c(C)cc(Br)cc4NC[C@@H]4CCO4)CC3)c2)c(P)c1. The number of hydrogen-bond acceptors (Lipinski definition) is 6. The molecule has 3 aromatic rings. The fourth-order valence-electron chi connectivity index (χ4n) is 5.15. The molecule has 2 aliphatic heterocycles. The number of halogens is 1. The Morgan fingerprint density at radius 1 is 1.10 bits per heavy atom. The van der Waals surface area contributed by atoms with E-state index in [1.54, 1.807) is 0 Å². The Balaban J connectivity index is 1.08. The summed E-state index contributed by atoms with van der Waals surface area (Å²) in [7, 11) is 2.74. The van der Waals surface area contributed by atoms with E-state index in [-0.39, 0.29) is 18.1 Å². The highest BCUT2D eigenvalue weighted by atomic mass is 79.9. The fraction of sp³-hybridized carbons (Fsp3) is 0.406. The number of likely N-dealkylation sites (tertiary alicyclic amines) is 1. The summed E-state index contributed by atoms with van der Waals surface area (Å²) in [5.41, 5.74) is 5.03. The molecule has 2 fully saturated rings. The van der Waals surface area contributed by atoms with E-state index in [9.17, 15) is 4.79 Å². The minimum Gasteiger partial charge on any atom is -0.490 e. The molecule has 3 aromatic carbocycles. The Bertz CT molecular complexity index is 1360. The minimum atomic E-state index is -0.00681. The van der Waals surface area contributed by atoms with Crippen LogP contribution < -0.4 is 25.4 Å². The zero-order valence-corrected chi connectivity index (χ0v) is 26.5. The van der Waals surface area contributed by atoms with Crippen molar-refractivity contribution in [3.63, 3.8) is 0 Å². The van der Waals surface area contributed by atoms with Crippen molar-refractivity contribution in [2.24, 2.45) is 0 Å². The predicted molar refractivity (Wildman–Crippen MR) is 172 cm³/mol. The van der Waals surface area contributed by atoms with E-state index in [1.807, 2.05) is 37.3 Å². The smallest absolute Gasteiger partial charge is 0.238 e. The molecule has 7 nitrogen and oxygen atoms in total. The van der Waals surface area contributed by atoms with Crippen molar-refractivity contribution in [2.75, 3.05) is 43.4 Å². The van der Waals surface area contributed by atoms with Crippen LogP contribution in [0.2, 0.25) is 0 Å². The second-order valence-corrected chi connectivity index (χ2v) is 12.5. The van der Waals surface area contributed by atoms with Crippen LogP contribution in [-0.4, -0.2) is 55.8 Å². The molecule has 0 spiro atoms. The van der Waals surface area contributed by atoms with Crippen LogP contribution in [0, 0.1) is 13.8 Å². The highest BCUT2D eigenvalue weighted by Crippen LogP contribution is 2.31. The van der Waals surface area contributed by atoms with Gasteiger partial charge in [-0.2, -0.15) is 0 Å². The van der Waals surface area contributed by atoms with Crippen LogP contribution in [0.15, 0.2) is 59.1 Å². The summed E-state index contributed by atoms with van der Waals surface area (Å²) < 4.78 is 18.9. The van der Waals surface area contributed by atoms with Crippen LogP contribution in [0.5, 0.6) is 11.5 Å². The van der Waals surface area contributed by atoms with Gasteiger partial charge in [0.2, 0.25) is 5.91 Å². The van der Waals surface area contributed by atoms with Crippen molar-refractivity contribution < 1.29 is 19.0 Å². The van der Waals surface area contributed by atoms with Crippen LogP contribution in [-0.2, 0) is 16.1 Å². The first kappa shape index (κ1) is 29.8. The summed E-state index contributed by atoms with van der Waals surface area (Å²) in [6.07, 6.45) is 3.17. The number of piperidine rings is 1. The summed E-state index contributed by atoms with van der Waals surface area (Å²) in [5, 5.41) is 7.66. The van der Waals surface area contributed by atoms with Crippen LogP contribution in [0.25, 0.3) is 0 Å². The lowest BCUT2D eigenvalue weighted by molar-refractivity contribution is -0.117. The molecule has 218 valence electrons. The molecule has 5 rings (SSSR count). The lowest BCUT2D eigenvalue weighted by atomic mass is 10.1. The number of ether oxygens (including phenoxy) is 3. The molecule has 0 aliphatic carbocycles. The summed E-state index contributed by atoms with van der Waals surface area (Å²) in [6, 6.07) is 18.3. The number of rotatable bonds is 11. The van der Waals surface area contributed by atoms with Gasteiger partial charge in [0.15, 0.2) is 0 Å². The highest BCUT2D eigenvalue weighted by Gasteiger charge is 2.23. The van der Waals surface area contributed by atoms with Crippen molar-refractivity contribution >= 4 is 47.8 Å². The Morgan fingerprint density at radius 3 is 2.63 bits per heavy atom. The van der Waals surface area contributed by atoms with E-state index >= 15 is 0 Å². The first-order valence-electron chi connectivity index (χ1n) is 14.2. The Kier molecular flexibility index (Phi) is 10.2. The Labute approximate surface area is 253 Å². The molecule has 2 atom stereocenters. The van der Waals surface area contributed by atoms with Crippen LogP contribution in [0.1, 0.15) is 36.0 Å². The van der Waals surface area contributed by atoms with Gasteiger partial charge in [-0.3, -0.25) is 9.69 Å². The number of hydrogen-bond donors (Lipinski definition) is 2. The van der Waals surface area contributed by atoms with E-state index in [0.29, 0.717) is 13.2 Å². The second kappa shape index (κ2) is 14.0. The lowest BCUT2D eigenvalue weighted by Gasteiger charge is -2.32. The molecule has 0 saturated carbocycles. The second-order valence-electron chi connectivity index (χ2n) is 10.9. The van der Waals surface area contributed by atoms with Crippen molar-refractivity contribution in [1.29, 1.82) is 0 Å². The zero-order valence-electron chi connectivity index (χ0n) is 23.8. The first-order chi connectivity index (χ1) is 19.8. The molecule has 0 aromatic heterocycles. The molecule has 41 heavy (non-hydrogen) atoms. The van der Waals surface area contributed by atoms with Gasteiger partial charge in [0.1, 0.15) is 24.2 Å². The lowest BCUT2D eigenvalue weighted by Crippen LogP contribution is -2.42. The normalized spacial score (nSPS) is 17.5. The molecule has 9 heteroatoms. The molecule has 1 amide bonds. The average molecular weight is 641 g/mol. The summed E-state index contributed by atoms with van der Waals surface area (Å²) >= 11 is 3.58. The molecule has 2 saturated heterocycles. The quantitative estimate of drug-likeness (QED) is 0.257. The van der Waals surface area contributed by atoms with Gasteiger partial charge in [0.25, 0.3) is 0 Å². The largest absolute Gasteiger partial charge is 0.490 e. The third-order valence-corrected chi connectivity index (χ3v) is 8.45. The van der Waals surface area contributed by atoms with E-state index in [2.05, 4.69) is 71.9 Å². The molecule has 2 aliphatic rings. The van der Waals surface area contributed by atoms with Gasteiger partial charge in [-0.25, -0.2) is 0 Å². The van der Waals surface area contributed by atoms with Crippen LogP contribution >= 0.6 is 25.2 Å². The van der Waals surface area contributed by atoms with Gasteiger partial charge in [-0.1, -0.05) is 39.7 Å². The summed E-state index contributed by atoms with van der Waals surface area (Å²) in [4.78, 5) is 15.2. The number of nitrogens with one attached hydrogen (secondary N) is 2. The monoisotopic (exact) mass is 639 g/mol. The van der Waals surface area contributed by atoms with E-state index < -0.39 is 0 Å². The van der Waals surface area contributed by atoms with Gasteiger partial charge in [0.05, 0.1) is 24.0 Å². The third-order valence-electron chi connectivity index (χ3n) is 7.54. The number of amides is 1. The van der Waals surface area contributed by atoms with Crippen molar-refractivity contribution in [3.05, 3.63) is 75.8 Å². The van der Waals surface area contributed by atoms with Crippen LogP contribution in [0.3, 0.4) is 0 Å². The number of aryl methyl sites for hydroxylation is 2. The molecule has 0 bridgehead atoms. The molecular weight excluding hydrogens is 601 g/mol. The Hall–Kier alpha value is -2.64. The van der Waals surface area contributed by atoms with E-state index in [4.69, 9.17) is 14.2 Å². The molecule has 2 heterocycles. The van der Waals surface area contributed by atoms with Crippen LogP contribution in [0.4, 0.5) is 11.4 Å². The number of anilines is 2. The third kappa shape index (κ3) is 8.45. The first-order valence-corrected chi connectivity index (χ1v) is 15.6. The number of benzene rings is 3. The molecular formula is C32H39BrN3O4P. The highest BCUT2D eigenvalue weighted by molar-refractivity contribution is 9.10. The molecule has 1 unspecified atom stereocenters. The topological polar surface area (TPSA) is 72.1 Å². The van der Waals surface area contributed by atoms with Gasteiger partial charge in [-0.15, -0.1) is 9.24 Å². The van der Waals surface area contributed by atoms with E-state index in [0.717, 1.165) is 89.3 Å². The standard InChI is InChI=1S/C32H39BrN3O4P/c1-21-6-7-29(30(41)14-21)39-20-23-4-3-5-26(16-23)40-25-8-11-36(12-9-25)19-31(37)35-32-22(2)15-24(33)17-28(32)34-18-27-10-13-38-27/h3-7,14-17,25,27,34H,8-13,18-20,41H2,1-2H3,(H,35,37)/t27-/m0/s1. The van der Waals surface area contributed by atoms with Crippen molar-refractivity contribution in [1.82, 2.24) is 4.90 Å². The van der Waals surface area contributed by atoms with Crippen molar-refractivity contribution in [3.8, 4) is 11.5 Å². The molecule has 0 radical (unpaired) electrons. The summed E-state index contributed by atoms with van der Waals surface area (Å²) in [5.74, 6) is 1.72. The Morgan fingerprint density at radius 2 is 1.90 bits per heavy atom. The van der Waals surface area contributed by atoms with Crippen molar-refractivity contribution in [2.45, 2.75) is 51.9 Å². The van der Waals surface area contributed by atoms with Gasteiger partial charge < -0.3 is 24.8 Å². The average Bonchev–Trinajstić information content (AvgIpc) is 2.90. The number of carbonyl (C=O) groups is 1. The minimum absolute atomic E-state index is 0.00681. The maximum absolute atomic E-state index is 13.0. The molecule has 2 N–H and O–H groups in total. The predicted octanol–water partition coefficient (Wildman–Crippen LogP) is 5.83. The number of nitrogens with zero attached hydrogens (tertiary/aromatic N) is 1. The maximum atomic E-state index is 13.0. The van der Waals surface area contributed by atoms with Gasteiger partial charge in [-0.05, 0) is 80.6 Å². The van der Waals surface area contributed by atoms with Gasteiger partial charge >= 0.3 is 0 Å². The van der Waals surface area contributed by atoms with E-state index in [1.165, 1.54) is 5.56 Å². The summed E-state index contributed by atoms with van der Waals surface area (Å²) in [6.45, 7) is 8.11.